The van der Waals surface area contributed by atoms with Crippen LogP contribution in [0.3, 0.4) is 0 Å². The highest BCUT2D eigenvalue weighted by Gasteiger charge is 2.64. The van der Waals surface area contributed by atoms with Crippen LogP contribution in [0.2, 0.25) is 0 Å². The predicted molar refractivity (Wildman–Crippen MR) is 103 cm³/mol. The van der Waals surface area contributed by atoms with E-state index >= 15 is 0 Å². The van der Waals surface area contributed by atoms with Crippen LogP contribution in [0.1, 0.15) is 52.2 Å². The SMILES string of the molecule is CCCNC(=O)OCC12COC3c4ccccc4OC(C)(CC1C)C3[C@@H]2C. The molecule has 2 fully saturated rings. The molecule has 2 heterocycles. The molecule has 1 amide bonds. The lowest BCUT2D eigenvalue weighted by Crippen LogP contribution is -2.66. The van der Waals surface area contributed by atoms with Gasteiger partial charge in [-0.25, -0.2) is 4.79 Å². The Morgan fingerprint density at radius 1 is 1.33 bits per heavy atom. The molecule has 0 aromatic heterocycles. The first-order valence-electron chi connectivity index (χ1n) is 10.2. The van der Waals surface area contributed by atoms with Gasteiger partial charge in [0.2, 0.25) is 0 Å². The Labute approximate surface area is 161 Å². The first-order valence-corrected chi connectivity index (χ1v) is 10.2. The second-order valence-electron chi connectivity index (χ2n) is 8.84. The number of alkyl carbamates (subject to hydrolysis) is 1. The molecule has 27 heavy (non-hydrogen) atoms. The highest BCUT2D eigenvalue weighted by atomic mass is 16.6. The predicted octanol–water partition coefficient (Wildman–Crippen LogP) is 4.32. The first-order chi connectivity index (χ1) is 12.9. The molecule has 5 unspecified atom stereocenters. The molecule has 5 heteroatoms. The largest absolute Gasteiger partial charge is 0.487 e. The number of carbonyl (C=O) groups is 1. The van der Waals surface area contributed by atoms with Gasteiger partial charge >= 0.3 is 6.09 Å². The number of nitrogens with one attached hydrogen (secondary N) is 1. The fourth-order valence-corrected chi connectivity index (χ4v) is 5.73. The summed E-state index contributed by atoms with van der Waals surface area (Å²) in [5.41, 5.74) is 0.725. The molecule has 0 radical (unpaired) electrons. The van der Waals surface area contributed by atoms with Gasteiger partial charge in [-0.2, -0.15) is 0 Å². The van der Waals surface area contributed by atoms with E-state index in [1.165, 1.54) is 0 Å². The zero-order chi connectivity index (χ0) is 19.2. The van der Waals surface area contributed by atoms with Crippen LogP contribution in [0.15, 0.2) is 24.3 Å². The average molecular weight is 373 g/mol. The zero-order valence-corrected chi connectivity index (χ0v) is 16.8. The summed E-state index contributed by atoms with van der Waals surface area (Å²) in [6.07, 6.45) is 1.56. The van der Waals surface area contributed by atoms with Crippen molar-refractivity contribution in [2.24, 2.45) is 23.2 Å². The lowest BCUT2D eigenvalue weighted by molar-refractivity contribution is -0.259. The lowest BCUT2D eigenvalue weighted by atomic mass is 9.50. The van der Waals surface area contributed by atoms with Crippen LogP contribution >= 0.6 is 0 Å². The Balaban J connectivity index is 1.61. The normalized spacial score (nSPS) is 39.1. The summed E-state index contributed by atoms with van der Waals surface area (Å²) in [5.74, 6) is 1.86. The number of fused-ring (bicyclic) bond motifs is 3. The number of amides is 1. The maximum atomic E-state index is 12.0. The lowest BCUT2D eigenvalue weighted by Gasteiger charge is -2.63. The molecule has 4 rings (SSSR count). The molecule has 6 atom stereocenters. The first kappa shape index (κ1) is 18.6. The summed E-state index contributed by atoms with van der Waals surface area (Å²) < 4.78 is 18.7. The fourth-order valence-electron chi connectivity index (χ4n) is 5.73. The van der Waals surface area contributed by atoms with E-state index in [0.29, 0.717) is 31.6 Å². The zero-order valence-electron chi connectivity index (χ0n) is 16.8. The fraction of sp³-hybridized carbons (Fsp3) is 0.682. The van der Waals surface area contributed by atoms with E-state index in [2.05, 4.69) is 32.2 Å². The van der Waals surface area contributed by atoms with Gasteiger partial charge in [-0.15, -0.1) is 0 Å². The van der Waals surface area contributed by atoms with E-state index in [0.717, 1.165) is 24.2 Å². The maximum Gasteiger partial charge on any atom is 0.407 e. The van der Waals surface area contributed by atoms with Crippen molar-refractivity contribution in [3.63, 3.8) is 0 Å². The standard InChI is InChI=1S/C22H31NO4/c1-5-10-23-20(24)26-13-22-12-25-19-16-8-6-7-9-17(16)27-21(4,11-14(22)2)18(19)15(22)3/h6-9,14-15,18-19H,5,10-13H2,1-4H3,(H,23,24)/t14?,15-,18?,19?,21?,22?/m0/s1. The topological polar surface area (TPSA) is 56.8 Å². The third-order valence-electron chi connectivity index (χ3n) is 7.26. The summed E-state index contributed by atoms with van der Waals surface area (Å²) in [4.78, 5) is 12.0. The number of rotatable bonds is 4. The van der Waals surface area contributed by atoms with Crippen LogP contribution in [0.5, 0.6) is 5.75 Å². The van der Waals surface area contributed by atoms with Gasteiger partial charge < -0.3 is 19.5 Å². The summed E-state index contributed by atoms with van der Waals surface area (Å²) in [6, 6.07) is 8.24. The quantitative estimate of drug-likeness (QED) is 0.854. The van der Waals surface area contributed by atoms with Gasteiger partial charge in [0.05, 0.1) is 12.7 Å². The van der Waals surface area contributed by atoms with Crippen LogP contribution in [0.25, 0.3) is 0 Å². The molecular weight excluding hydrogens is 342 g/mol. The van der Waals surface area contributed by atoms with Crippen molar-refractivity contribution in [3.8, 4) is 5.75 Å². The number of ether oxygens (including phenoxy) is 3. The summed E-state index contributed by atoms with van der Waals surface area (Å²) in [7, 11) is 0. The smallest absolute Gasteiger partial charge is 0.407 e. The molecule has 1 aromatic carbocycles. The number of para-hydroxylation sites is 1. The Kier molecular flexibility index (Phi) is 4.61. The van der Waals surface area contributed by atoms with E-state index in [1.54, 1.807) is 0 Å². The molecule has 1 saturated heterocycles. The van der Waals surface area contributed by atoms with E-state index < -0.39 is 0 Å². The van der Waals surface area contributed by atoms with Crippen molar-refractivity contribution in [3.05, 3.63) is 29.8 Å². The number of hydrogen-bond acceptors (Lipinski definition) is 4. The van der Waals surface area contributed by atoms with Crippen LogP contribution in [0, 0.1) is 23.2 Å². The Bertz CT molecular complexity index is 722. The Hall–Kier alpha value is -1.75. The minimum atomic E-state index is -0.327. The van der Waals surface area contributed by atoms with Gasteiger partial charge in [0.1, 0.15) is 18.0 Å². The third kappa shape index (κ3) is 2.82. The van der Waals surface area contributed by atoms with Crippen LogP contribution < -0.4 is 10.1 Å². The number of benzene rings is 1. The van der Waals surface area contributed by atoms with Gasteiger partial charge in [-0.3, -0.25) is 0 Å². The molecule has 2 bridgehead atoms. The van der Waals surface area contributed by atoms with Gasteiger partial charge in [0, 0.05) is 23.4 Å². The Morgan fingerprint density at radius 3 is 2.89 bits per heavy atom. The average Bonchev–Trinajstić information content (AvgIpc) is 2.64. The van der Waals surface area contributed by atoms with Gasteiger partial charge in [-0.05, 0) is 37.7 Å². The minimum absolute atomic E-state index is 0.0458. The summed E-state index contributed by atoms with van der Waals surface area (Å²) >= 11 is 0. The summed E-state index contributed by atoms with van der Waals surface area (Å²) in [5, 5.41) is 2.81. The van der Waals surface area contributed by atoms with E-state index in [9.17, 15) is 4.79 Å². The molecule has 1 aliphatic carbocycles. The minimum Gasteiger partial charge on any atom is -0.487 e. The van der Waals surface area contributed by atoms with Crippen molar-refractivity contribution >= 4 is 6.09 Å². The van der Waals surface area contributed by atoms with Gasteiger partial charge in [0.15, 0.2) is 0 Å². The van der Waals surface area contributed by atoms with Crippen LogP contribution in [-0.4, -0.2) is 31.5 Å². The van der Waals surface area contributed by atoms with E-state index in [1.807, 2.05) is 25.1 Å². The second kappa shape index (κ2) is 6.69. The van der Waals surface area contributed by atoms with Crippen LogP contribution in [0.4, 0.5) is 4.79 Å². The highest BCUT2D eigenvalue weighted by molar-refractivity contribution is 5.67. The molecule has 1 saturated carbocycles. The second-order valence-corrected chi connectivity index (χ2v) is 8.84. The van der Waals surface area contributed by atoms with Gasteiger partial charge in [0.25, 0.3) is 0 Å². The van der Waals surface area contributed by atoms with Crippen molar-refractivity contribution in [1.29, 1.82) is 0 Å². The van der Waals surface area contributed by atoms with Crippen molar-refractivity contribution in [1.82, 2.24) is 5.32 Å². The van der Waals surface area contributed by atoms with E-state index in [4.69, 9.17) is 14.2 Å². The van der Waals surface area contributed by atoms with Crippen molar-refractivity contribution in [2.75, 3.05) is 19.8 Å². The molecule has 3 aliphatic rings. The molecule has 2 aliphatic heterocycles. The molecule has 5 nitrogen and oxygen atoms in total. The number of carbonyl (C=O) groups excluding carboxylic acids is 1. The maximum absolute atomic E-state index is 12.0. The molecule has 1 aromatic rings. The third-order valence-corrected chi connectivity index (χ3v) is 7.26. The molecule has 148 valence electrons. The van der Waals surface area contributed by atoms with Crippen molar-refractivity contribution in [2.45, 2.75) is 52.2 Å². The van der Waals surface area contributed by atoms with Gasteiger partial charge in [-0.1, -0.05) is 39.0 Å². The van der Waals surface area contributed by atoms with Crippen LogP contribution in [-0.2, 0) is 9.47 Å². The van der Waals surface area contributed by atoms with E-state index in [-0.39, 0.29) is 29.1 Å². The molecular formula is C22H31NO4. The van der Waals surface area contributed by atoms with Crippen molar-refractivity contribution < 1.29 is 19.0 Å². The molecule has 1 N–H and O–H groups in total. The highest BCUT2D eigenvalue weighted by Crippen LogP contribution is 2.63. The number of hydrogen-bond donors (Lipinski definition) is 1. The summed E-state index contributed by atoms with van der Waals surface area (Å²) in [6.45, 7) is 10.4. The Morgan fingerprint density at radius 2 is 2.11 bits per heavy atom. The monoisotopic (exact) mass is 373 g/mol. The molecule has 0 spiro atoms.